The summed E-state index contributed by atoms with van der Waals surface area (Å²) < 4.78 is 5.21. The maximum atomic E-state index is 9.60. The average molecular weight is 252 g/mol. The van der Waals surface area contributed by atoms with Crippen molar-refractivity contribution in [2.75, 3.05) is 0 Å². The number of hydrogen-bond donors (Lipinski definition) is 1. The highest BCUT2D eigenvalue weighted by atomic mass is 32.1. The van der Waals surface area contributed by atoms with Gasteiger partial charge in [-0.25, -0.2) is 0 Å². The predicted molar refractivity (Wildman–Crippen MR) is 68.4 cm³/mol. The van der Waals surface area contributed by atoms with Crippen LogP contribution in [0.1, 0.15) is 30.4 Å². The summed E-state index contributed by atoms with van der Waals surface area (Å²) in [6.45, 7) is 1.84. The molecule has 2 heterocycles. The molecule has 0 radical (unpaired) electrons. The summed E-state index contributed by atoms with van der Waals surface area (Å²) in [5.74, 6) is 0.324. The Morgan fingerprint density at radius 2 is 2.24 bits per heavy atom. The lowest BCUT2D eigenvalue weighted by molar-refractivity contribution is -0.137. The smallest absolute Gasteiger partial charge is 0.303 e. The molecule has 0 unspecified atom stereocenters. The fourth-order valence-electron chi connectivity index (χ4n) is 1.21. The van der Waals surface area contributed by atoms with Gasteiger partial charge in [0.2, 0.25) is 0 Å². The zero-order valence-electron chi connectivity index (χ0n) is 9.76. The molecule has 0 atom stereocenters. The first-order valence-electron chi connectivity index (χ1n) is 5.49. The van der Waals surface area contributed by atoms with E-state index < -0.39 is 5.97 Å². The molecule has 0 saturated carbocycles. The van der Waals surface area contributed by atoms with Gasteiger partial charge < -0.3 is 9.52 Å². The van der Waals surface area contributed by atoms with Crippen LogP contribution in [0.2, 0.25) is 0 Å². The molecular weight excluding hydrogens is 236 g/mol. The van der Waals surface area contributed by atoms with E-state index >= 15 is 0 Å². The van der Waals surface area contributed by atoms with E-state index in [0.717, 1.165) is 18.6 Å². The van der Waals surface area contributed by atoms with Gasteiger partial charge in [-0.3, -0.25) is 4.79 Å². The number of furan rings is 1. The van der Waals surface area contributed by atoms with Gasteiger partial charge >= 0.3 is 5.97 Å². The van der Waals surface area contributed by atoms with E-state index in [-0.39, 0.29) is 0 Å². The Labute approximate surface area is 105 Å². The maximum absolute atomic E-state index is 9.60. The van der Waals surface area contributed by atoms with Crippen molar-refractivity contribution in [3.05, 3.63) is 46.5 Å². The molecule has 2 aromatic heterocycles. The van der Waals surface area contributed by atoms with Gasteiger partial charge in [0, 0.05) is 17.7 Å². The van der Waals surface area contributed by atoms with E-state index in [0.29, 0.717) is 6.42 Å². The fourth-order valence-corrected chi connectivity index (χ4v) is 1.93. The molecule has 0 aromatic carbocycles. The first-order chi connectivity index (χ1) is 8.22. The minimum atomic E-state index is -0.711. The van der Waals surface area contributed by atoms with E-state index in [1.165, 1.54) is 4.88 Å². The van der Waals surface area contributed by atoms with Crippen molar-refractivity contribution >= 4 is 17.3 Å². The standard InChI is InChI=1S/C9H8OS.C4H8O2/c1-3-8(10-5-1)7-9-4-2-6-11-9;1-2-3-4(5)6/h1-6H,7H2;2-3H2,1H3,(H,5,6). The van der Waals surface area contributed by atoms with Crippen LogP contribution in [0.5, 0.6) is 0 Å². The Balaban J connectivity index is 0.000000209. The Kier molecular flexibility index (Phi) is 6.10. The number of thiophene rings is 1. The molecule has 0 spiro atoms. The van der Waals surface area contributed by atoms with Crippen LogP contribution in [0, 0.1) is 0 Å². The quantitative estimate of drug-likeness (QED) is 0.900. The third-order valence-corrected chi connectivity index (χ3v) is 2.85. The predicted octanol–water partition coefficient (Wildman–Crippen LogP) is 3.80. The summed E-state index contributed by atoms with van der Waals surface area (Å²) >= 11 is 1.76. The van der Waals surface area contributed by atoms with E-state index in [9.17, 15) is 4.79 Å². The lowest BCUT2D eigenvalue weighted by Gasteiger charge is -1.89. The highest BCUT2D eigenvalue weighted by Gasteiger charge is 1.97. The van der Waals surface area contributed by atoms with Crippen molar-refractivity contribution in [3.63, 3.8) is 0 Å². The van der Waals surface area contributed by atoms with Crippen molar-refractivity contribution in [1.29, 1.82) is 0 Å². The summed E-state index contributed by atoms with van der Waals surface area (Å²) in [4.78, 5) is 10.9. The van der Waals surface area contributed by atoms with Crippen LogP contribution in [-0.4, -0.2) is 11.1 Å². The number of hydrogen-bond acceptors (Lipinski definition) is 3. The maximum Gasteiger partial charge on any atom is 0.303 e. The molecule has 0 aliphatic rings. The topological polar surface area (TPSA) is 50.4 Å². The highest BCUT2D eigenvalue weighted by molar-refractivity contribution is 7.09. The molecule has 2 aromatic rings. The van der Waals surface area contributed by atoms with Gasteiger partial charge in [0.05, 0.1) is 6.26 Å². The highest BCUT2D eigenvalue weighted by Crippen LogP contribution is 2.14. The molecule has 0 saturated heterocycles. The van der Waals surface area contributed by atoms with Crippen LogP contribution in [-0.2, 0) is 11.2 Å². The third kappa shape index (κ3) is 5.92. The summed E-state index contributed by atoms with van der Waals surface area (Å²) in [5, 5.41) is 10.00. The second-order valence-corrected chi connectivity index (χ2v) is 4.51. The normalized spacial score (nSPS) is 9.47. The molecule has 1 N–H and O–H groups in total. The average Bonchev–Trinajstić information content (AvgIpc) is 2.92. The van der Waals surface area contributed by atoms with Gasteiger partial charge in [0.25, 0.3) is 0 Å². The van der Waals surface area contributed by atoms with Crippen LogP contribution in [0.15, 0.2) is 40.3 Å². The van der Waals surface area contributed by atoms with Crippen LogP contribution in [0.3, 0.4) is 0 Å². The second-order valence-electron chi connectivity index (χ2n) is 3.48. The molecule has 0 aliphatic heterocycles. The molecule has 0 amide bonds. The van der Waals surface area contributed by atoms with Crippen molar-refractivity contribution < 1.29 is 14.3 Å². The minimum Gasteiger partial charge on any atom is -0.481 e. The SMILES string of the molecule is CCCC(=O)O.c1coc(Cc2cccs2)c1. The molecule has 3 nitrogen and oxygen atoms in total. The summed E-state index contributed by atoms with van der Waals surface area (Å²) in [5.41, 5.74) is 0. The Morgan fingerprint density at radius 1 is 1.41 bits per heavy atom. The van der Waals surface area contributed by atoms with Crippen LogP contribution in [0.25, 0.3) is 0 Å². The Hall–Kier alpha value is -1.55. The van der Waals surface area contributed by atoms with Gasteiger partial charge in [0.1, 0.15) is 5.76 Å². The number of aliphatic carboxylic acids is 1. The lowest BCUT2D eigenvalue weighted by atomic mass is 10.3. The van der Waals surface area contributed by atoms with E-state index in [2.05, 4.69) is 17.5 Å². The monoisotopic (exact) mass is 252 g/mol. The zero-order valence-corrected chi connectivity index (χ0v) is 10.6. The Morgan fingerprint density at radius 3 is 2.65 bits per heavy atom. The van der Waals surface area contributed by atoms with Crippen LogP contribution >= 0.6 is 11.3 Å². The number of carboxylic acids is 1. The molecule has 92 valence electrons. The van der Waals surface area contributed by atoms with Gasteiger partial charge in [-0.1, -0.05) is 13.0 Å². The van der Waals surface area contributed by atoms with Crippen molar-refractivity contribution in [2.24, 2.45) is 0 Å². The van der Waals surface area contributed by atoms with Gasteiger partial charge in [0.15, 0.2) is 0 Å². The van der Waals surface area contributed by atoms with Gasteiger partial charge in [-0.2, -0.15) is 0 Å². The van der Waals surface area contributed by atoms with Crippen molar-refractivity contribution in [3.8, 4) is 0 Å². The number of carboxylic acid groups (broad SMARTS) is 1. The molecule has 0 aliphatic carbocycles. The zero-order chi connectivity index (χ0) is 12.5. The molecule has 2 rings (SSSR count). The number of carbonyl (C=O) groups is 1. The van der Waals surface area contributed by atoms with Crippen LogP contribution in [0.4, 0.5) is 0 Å². The van der Waals surface area contributed by atoms with Crippen molar-refractivity contribution in [1.82, 2.24) is 0 Å². The number of rotatable bonds is 4. The molecule has 0 fully saturated rings. The molecule has 17 heavy (non-hydrogen) atoms. The van der Waals surface area contributed by atoms with Gasteiger partial charge in [-0.05, 0) is 30.0 Å². The lowest BCUT2D eigenvalue weighted by Crippen LogP contribution is -1.90. The molecule has 4 heteroatoms. The second kappa shape index (κ2) is 7.68. The van der Waals surface area contributed by atoms with E-state index in [1.54, 1.807) is 17.6 Å². The largest absolute Gasteiger partial charge is 0.481 e. The Bertz CT molecular complexity index is 372. The molecule has 0 bridgehead atoms. The van der Waals surface area contributed by atoms with Crippen molar-refractivity contribution in [2.45, 2.75) is 26.2 Å². The van der Waals surface area contributed by atoms with Gasteiger partial charge in [-0.15, -0.1) is 11.3 Å². The summed E-state index contributed by atoms with van der Waals surface area (Å²) in [7, 11) is 0. The summed E-state index contributed by atoms with van der Waals surface area (Å²) in [6, 6.07) is 8.10. The molecular formula is C13H16O3S. The minimum absolute atomic E-state index is 0.292. The first kappa shape index (κ1) is 13.5. The first-order valence-corrected chi connectivity index (χ1v) is 6.37. The third-order valence-electron chi connectivity index (χ3n) is 1.97. The van der Waals surface area contributed by atoms with Crippen LogP contribution < -0.4 is 0 Å². The van der Waals surface area contributed by atoms with E-state index in [1.807, 2.05) is 19.1 Å². The summed E-state index contributed by atoms with van der Waals surface area (Å²) in [6.07, 6.45) is 3.66. The van der Waals surface area contributed by atoms with E-state index in [4.69, 9.17) is 9.52 Å². The fraction of sp³-hybridized carbons (Fsp3) is 0.308.